The van der Waals surface area contributed by atoms with Crippen LogP contribution in [0.15, 0.2) is 12.1 Å². The zero-order valence-electron chi connectivity index (χ0n) is 16.8. The first-order valence-corrected chi connectivity index (χ1v) is 10.9. The van der Waals surface area contributed by atoms with Gasteiger partial charge >= 0.3 is 0 Å². The summed E-state index contributed by atoms with van der Waals surface area (Å²) in [4.78, 5) is 23.7. The molecule has 0 aliphatic carbocycles. The monoisotopic (exact) mass is 411 g/mol. The quantitative estimate of drug-likeness (QED) is 0.701. The normalized spacial score (nSPS) is 17.9. The van der Waals surface area contributed by atoms with Gasteiger partial charge in [-0.15, -0.1) is 11.3 Å². The molecule has 3 aromatic rings. The van der Waals surface area contributed by atoms with E-state index in [1.807, 2.05) is 6.92 Å². The lowest BCUT2D eigenvalue weighted by Crippen LogP contribution is -2.44. The summed E-state index contributed by atoms with van der Waals surface area (Å²) in [5.74, 6) is 2.23. The van der Waals surface area contributed by atoms with Crippen molar-refractivity contribution >= 4 is 33.5 Å². The van der Waals surface area contributed by atoms with Crippen LogP contribution in [-0.4, -0.2) is 72.4 Å². The minimum absolute atomic E-state index is 0.704. The highest BCUT2D eigenvalue weighted by atomic mass is 32.1. The van der Waals surface area contributed by atoms with Gasteiger partial charge in [0.25, 0.3) is 0 Å². The number of aromatic nitrogens is 4. The van der Waals surface area contributed by atoms with Gasteiger partial charge in [-0.2, -0.15) is 15.0 Å². The van der Waals surface area contributed by atoms with Crippen molar-refractivity contribution in [1.29, 1.82) is 0 Å². The minimum atomic E-state index is 0.704. The molecule has 152 valence electrons. The molecule has 4 heterocycles. The van der Waals surface area contributed by atoms with Crippen LogP contribution in [-0.2, 0) is 4.74 Å². The van der Waals surface area contributed by atoms with Gasteiger partial charge in [-0.3, -0.25) is 0 Å². The Morgan fingerprint density at radius 1 is 0.897 bits per heavy atom. The Kier molecular flexibility index (Phi) is 5.03. The van der Waals surface area contributed by atoms with E-state index in [2.05, 4.69) is 39.2 Å². The summed E-state index contributed by atoms with van der Waals surface area (Å²) in [5, 5.41) is 4.47. The molecule has 8 nitrogen and oxygen atoms in total. The van der Waals surface area contributed by atoms with Crippen molar-refractivity contribution in [3.63, 3.8) is 0 Å². The smallest absolute Gasteiger partial charge is 0.230 e. The standard InChI is InChI=1S/C20H25N7OS/c1-13-11-15(12-16-17(13)22-14(2)29-16)18-23-19(26-5-3-21-4-6-26)25-20(24-18)27-7-9-28-10-8-27/h11-12,21H,3-10H2,1-2H3. The van der Waals surface area contributed by atoms with E-state index in [1.54, 1.807) is 11.3 Å². The van der Waals surface area contributed by atoms with Gasteiger partial charge in [0.2, 0.25) is 11.9 Å². The van der Waals surface area contributed by atoms with E-state index in [0.29, 0.717) is 13.2 Å². The number of benzene rings is 1. The molecule has 1 N–H and O–H groups in total. The summed E-state index contributed by atoms with van der Waals surface area (Å²) in [6.45, 7) is 10.9. The van der Waals surface area contributed by atoms with Crippen LogP contribution in [0.5, 0.6) is 0 Å². The lowest BCUT2D eigenvalue weighted by atomic mass is 10.1. The third-order valence-corrected chi connectivity index (χ3v) is 6.27. The van der Waals surface area contributed by atoms with E-state index in [4.69, 9.17) is 19.7 Å². The van der Waals surface area contributed by atoms with Gasteiger partial charge in [0.15, 0.2) is 5.82 Å². The Labute approximate surface area is 174 Å². The third kappa shape index (κ3) is 3.77. The summed E-state index contributed by atoms with van der Waals surface area (Å²) >= 11 is 1.71. The highest BCUT2D eigenvalue weighted by Crippen LogP contribution is 2.30. The maximum atomic E-state index is 5.51. The maximum Gasteiger partial charge on any atom is 0.230 e. The van der Waals surface area contributed by atoms with E-state index in [1.165, 1.54) is 4.70 Å². The Morgan fingerprint density at radius 2 is 1.59 bits per heavy atom. The maximum absolute atomic E-state index is 5.51. The van der Waals surface area contributed by atoms with E-state index in [0.717, 1.165) is 78.6 Å². The molecule has 0 spiro atoms. The highest BCUT2D eigenvalue weighted by Gasteiger charge is 2.21. The highest BCUT2D eigenvalue weighted by molar-refractivity contribution is 7.18. The number of nitrogens with zero attached hydrogens (tertiary/aromatic N) is 6. The molecule has 2 aromatic heterocycles. The molecule has 0 atom stereocenters. The summed E-state index contributed by atoms with van der Waals surface area (Å²) < 4.78 is 6.69. The molecule has 1 aromatic carbocycles. The number of piperazine rings is 1. The van der Waals surface area contributed by atoms with Crippen molar-refractivity contribution in [2.75, 3.05) is 62.3 Å². The van der Waals surface area contributed by atoms with Crippen molar-refractivity contribution in [3.05, 3.63) is 22.7 Å². The van der Waals surface area contributed by atoms with Crippen LogP contribution in [0.1, 0.15) is 10.6 Å². The topological polar surface area (TPSA) is 79.3 Å². The van der Waals surface area contributed by atoms with Crippen LogP contribution in [0, 0.1) is 13.8 Å². The van der Waals surface area contributed by atoms with Crippen molar-refractivity contribution < 1.29 is 4.74 Å². The molecular formula is C20H25N7OS. The predicted molar refractivity (Wildman–Crippen MR) is 116 cm³/mol. The Morgan fingerprint density at radius 3 is 2.31 bits per heavy atom. The molecule has 9 heteroatoms. The van der Waals surface area contributed by atoms with Gasteiger partial charge in [0.05, 0.1) is 28.4 Å². The lowest BCUT2D eigenvalue weighted by Gasteiger charge is -2.30. The number of anilines is 2. The summed E-state index contributed by atoms with van der Waals surface area (Å²) in [7, 11) is 0. The van der Waals surface area contributed by atoms with Crippen molar-refractivity contribution in [2.45, 2.75) is 13.8 Å². The van der Waals surface area contributed by atoms with Crippen LogP contribution in [0.25, 0.3) is 21.6 Å². The molecule has 0 amide bonds. The summed E-state index contributed by atoms with van der Waals surface area (Å²) in [5.41, 5.74) is 3.24. The van der Waals surface area contributed by atoms with Crippen LogP contribution in [0.4, 0.5) is 11.9 Å². The molecule has 0 unspecified atom stereocenters. The number of hydrogen-bond acceptors (Lipinski definition) is 9. The first-order valence-electron chi connectivity index (χ1n) is 10.1. The zero-order chi connectivity index (χ0) is 19.8. The first kappa shape index (κ1) is 18.7. The number of hydrogen-bond donors (Lipinski definition) is 1. The largest absolute Gasteiger partial charge is 0.378 e. The number of thiazole rings is 1. The van der Waals surface area contributed by atoms with Crippen LogP contribution in [0.3, 0.4) is 0 Å². The van der Waals surface area contributed by atoms with E-state index >= 15 is 0 Å². The third-order valence-electron chi connectivity index (χ3n) is 5.36. The van der Waals surface area contributed by atoms with Crippen LogP contribution >= 0.6 is 11.3 Å². The van der Waals surface area contributed by atoms with Gasteiger partial charge in [-0.25, -0.2) is 4.98 Å². The molecule has 29 heavy (non-hydrogen) atoms. The number of fused-ring (bicyclic) bond motifs is 1. The Hall–Kier alpha value is -2.36. The molecule has 0 bridgehead atoms. The Balaban J connectivity index is 1.60. The predicted octanol–water partition coefficient (Wildman–Crippen LogP) is 2.01. The van der Waals surface area contributed by atoms with Crippen molar-refractivity contribution in [2.24, 2.45) is 0 Å². The second-order valence-electron chi connectivity index (χ2n) is 7.47. The molecule has 2 aliphatic heterocycles. The number of morpholine rings is 1. The average Bonchev–Trinajstić information content (AvgIpc) is 3.15. The van der Waals surface area contributed by atoms with Crippen molar-refractivity contribution in [3.8, 4) is 11.4 Å². The number of ether oxygens (including phenoxy) is 1. The van der Waals surface area contributed by atoms with Gasteiger partial charge in [-0.1, -0.05) is 0 Å². The summed E-state index contributed by atoms with van der Waals surface area (Å²) in [6.07, 6.45) is 0. The molecule has 2 fully saturated rings. The minimum Gasteiger partial charge on any atom is -0.378 e. The van der Waals surface area contributed by atoms with Crippen LogP contribution in [0.2, 0.25) is 0 Å². The fraction of sp³-hybridized carbons (Fsp3) is 0.500. The molecular weight excluding hydrogens is 386 g/mol. The van der Waals surface area contributed by atoms with E-state index in [-0.39, 0.29) is 0 Å². The average molecular weight is 412 g/mol. The fourth-order valence-corrected chi connectivity index (χ4v) is 4.78. The number of nitrogens with one attached hydrogen (secondary N) is 1. The SMILES string of the molecule is Cc1nc2c(C)cc(-c3nc(N4CCNCC4)nc(N4CCOCC4)n3)cc2s1. The van der Waals surface area contributed by atoms with Crippen LogP contribution < -0.4 is 15.1 Å². The van der Waals surface area contributed by atoms with Gasteiger partial charge in [0.1, 0.15) is 0 Å². The summed E-state index contributed by atoms with van der Waals surface area (Å²) in [6, 6.07) is 4.30. The molecule has 0 saturated carbocycles. The number of aryl methyl sites for hydroxylation is 2. The van der Waals surface area contributed by atoms with Gasteiger partial charge in [-0.05, 0) is 31.5 Å². The molecule has 0 radical (unpaired) electrons. The Bertz CT molecular complexity index is 989. The second kappa shape index (κ2) is 7.81. The fourth-order valence-electron chi connectivity index (χ4n) is 3.83. The molecule has 2 aliphatic rings. The van der Waals surface area contributed by atoms with Gasteiger partial charge in [0, 0.05) is 44.8 Å². The van der Waals surface area contributed by atoms with Gasteiger partial charge < -0.3 is 19.9 Å². The van der Waals surface area contributed by atoms with Crippen molar-refractivity contribution in [1.82, 2.24) is 25.3 Å². The first-order chi connectivity index (χ1) is 14.2. The van der Waals surface area contributed by atoms with E-state index < -0.39 is 0 Å². The lowest BCUT2D eigenvalue weighted by molar-refractivity contribution is 0.122. The zero-order valence-corrected chi connectivity index (χ0v) is 17.6. The molecule has 5 rings (SSSR count). The van der Waals surface area contributed by atoms with E-state index in [9.17, 15) is 0 Å². The molecule has 2 saturated heterocycles. The number of rotatable bonds is 3. The second-order valence-corrected chi connectivity index (χ2v) is 8.70.